The van der Waals surface area contributed by atoms with Gasteiger partial charge in [0.05, 0.1) is 31.5 Å². The molecule has 8 nitrogen and oxygen atoms in total. The van der Waals surface area contributed by atoms with Crippen molar-refractivity contribution in [2.24, 2.45) is 29.1 Å². The van der Waals surface area contributed by atoms with Gasteiger partial charge in [-0.05, 0) is 43.8 Å². The molecule has 1 saturated carbocycles. The molecule has 0 aromatic heterocycles. The van der Waals surface area contributed by atoms with Crippen LogP contribution < -0.4 is 9.47 Å². The number of aromatic hydroxyl groups is 1. The molecule has 1 aromatic rings. The molecule has 0 bridgehead atoms. The quantitative estimate of drug-likeness (QED) is 0.479. The number of methoxy groups -OCH3 is 2. The van der Waals surface area contributed by atoms with E-state index in [1.54, 1.807) is 6.92 Å². The molecule has 2 fully saturated rings. The normalized spacial score (nSPS) is 32.9. The molecule has 1 aliphatic heterocycles. The van der Waals surface area contributed by atoms with Gasteiger partial charge in [-0.2, -0.15) is 0 Å². The Morgan fingerprint density at radius 1 is 1.05 bits per heavy atom. The number of nitrogens with zero attached hydrogens (tertiary/aromatic N) is 1. The summed E-state index contributed by atoms with van der Waals surface area (Å²) in [6, 6.07) is 2.94. The van der Waals surface area contributed by atoms with Crippen molar-refractivity contribution in [3.05, 3.63) is 41.0 Å². The van der Waals surface area contributed by atoms with E-state index in [2.05, 4.69) is 0 Å². The molecule has 1 saturated heterocycles. The van der Waals surface area contributed by atoms with E-state index in [0.717, 1.165) is 5.57 Å². The van der Waals surface area contributed by atoms with Crippen molar-refractivity contribution in [2.75, 3.05) is 20.8 Å². The zero-order chi connectivity index (χ0) is 26.8. The van der Waals surface area contributed by atoms with Crippen molar-refractivity contribution >= 4 is 23.4 Å². The number of ketones is 2. The Labute approximate surface area is 216 Å². The summed E-state index contributed by atoms with van der Waals surface area (Å²) in [7, 11) is 2.95. The van der Waals surface area contributed by atoms with Gasteiger partial charge < -0.3 is 14.6 Å². The number of amides is 2. The summed E-state index contributed by atoms with van der Waals surface area (Å²) < 4.78 is 11.4. The molecule has 196 valence electrons. The van der Waals surface area contributed by atoms with Gasteiger partial charge in [0.25, 0.3) is 0 Å². The molecule has 0 spiro atoms. The second kappa shape index (κ2) is 8.85. The van der Waals surface area contributed by atoms with Crippen molar-refractivity contribution in [2.45, 2.75) is 46.0 Å². The Hall–Kier alpha value is -3.42. The lowest BCUT2D eigenvalue weighted by Crippen LogP contribution is -2.54. The van der Waals surface area contributed by atoms with Gasteiger partial charge in [-0.15, -0.1) is 0 Å². The Balaban J connectivity index is 1.76. The number of carbonyl (C=O) groups is 4. The summed E-state index contributed by atoms with van der Waals surface area (Å²) in [5, 5.41) is 10.3. The topological polar surface area (TPSA) is 110 Å². The number of likely N-dealkylation sites (tertiary alicyclic amines) is 1. The van der Waals surface area contributed by atoms with Gasteiger partial charge in [-0.3, -0.25) is 24.1 Å². The number of allylic oxidation sites excluding steroid dienone is 4. The van der Waals surface area contributed by atoms with Crippen molar-refractivity contribution in [3.63, 3.8) is 0 Å². The van der Waals surface area contributed by atoms with E-state index in [1.807, 2.05) is 19.9 Å². The molecule has 1 heterocycles. The van der Waals surface area contributed by atoms with E-state index in [4.69, 9.17) is 9.47 Å². The fourth-order valence-electron chi connectivity index (χ4n) is 7.42. The minimum atomic E-state index is -1.16. The first kappa shape index (κ1) is 25.2. The van der Waals surface area contributed by atoms with Crippen LogP contribution >= 0.6 is 0 Å². The number of hydrogen-bond donors (Lipinski definition) is 1. The van der Waals surface area contributed by atoms with Crippen molar-refractivity contribution in [1.82, 2.24) is 4.90 Å². The SMILES string of the molecule is CCCN1C(=O)[C@H]2[C@H](CC=C3[C@H]2C[C@H]2C(=O)C=C(C)C(=O)[C@@]2(C)[C@H]3c2c(OC)cc(O)cc2OC)C1=O. The van der Waals surface area contributed by atoms with Crippen LogP contribution in [0.4, 0.5) is 0 Å². The Bertz CT molecular complexity index is 1250. The highest BCUT2D eigenvalue weighted by atomic mass is 16.5. The van der Waals surface area contributed by atoms with Gasteiger partial charge in [-0.1, -0.05) is 25.5 Å². The Morgan fingerprint density at radius 2 is 1.70 bits per heavy atom. The number of fused-ring (bicyclic) bond motifs is 4. The number of benzene rings is 1. The van der Waals surface area contributed by atoms with Gasteiger partial charge >= 0.3 is 0 Å². The third-order valence-electron chi connectivity index (χ3n) is 9.00. The lowest BCUT2D eigenvalue weighted by atomic mass is 9.47. The summed E-state index contributed by atoms with van der Waals surface area (Å²) in [6.07, 6.45) is 4.78. The van der Waals surface area contributed by atoms with Gasteiger partial charge in [-0.25, -0.2) is 0 Å². The maximum atomic E-state index is 13.9. The molecule has 1 N–H and O–H groups in total. The molecule has 1 aromatic carbocycles. The van der Waals surface area contributed by atoms with Crippen LogP contribution in [0.25, 0.3) is 0 Å². The molecule has 3 aliphatic carbocycles. The van der Waals surface area contributed by atoms with Crippen LogP contribution in [-0.4, -0.2) is 54.2 Å². The molecule has 2 amide bonds. The smallest absolute Gasteiger partial charge is 0.233 e. The van der Waals surface area contributed by atoms with Crippen molar-refractivity contribution < 1.29 is 33.8 Å². The van der Waals surface area contributed by atoms with E-state index in [1.165, 1.54) is 37.3 Å². The van der Waals surface area contributed by atoms with Gasteiger partial charge in [0.2, 0.25) is 11.8 Å². The molecule has 8 heteroatoms. The zero-order valence-electron chi connectivity index (χ0n) is 21.9. The molecule has 6 atom stereocenters. The van der Waals surface area contributed by atoms with Crippen molar-refractivity contribution in [1.29, 1.82) is 0 Å². The summed E-state index contributed by atoms with van der Waals surface area (Å²) in [5.41, 5.74) is 0.650. The minimum Gasteiger partial charge on any atom is -0.508 e. The third-order valence-corrected chi connectivity index (χ3v) is 9.00. The largest absolute Gasteiger partial charge is 0.508 e. The predicted octanol–water partition coefficient (Wildman–Crippen LogP) is 3.57. The van der Waals surface area contributed by atoms with Gasteiger partial charge in [0, 0.05) is 36.1 Å². The predicted molar refractivity (Wildman–Crippen MR) is 134 cm³/mol. The molecule has 0 unspecified atom stereocenters. The van der Waals surface area contributed by atoms with Crippen LogP contribution in [0, 0.1) is 29.1 Å². The van der Waals surface area contributed by atoms with E-state index >= 15 is 0 Å². The number of ether oxygens (including phenoxy) is 2. The van der Waals surface area contributed by atoms with Crippen LogP contribution in [0.5, 0.6) is 17.2 Å². The third kappa shape index (κ3) is 3.41. The standard InChI is InChI=1S/C29H33NO7/c1-6-9-30-27(34)17-8-7-16-18(23(17)28(30)35)13-19-20(32)10-14(2)26(33)29(19,3)25(16)24-21(36-4)11-15(31)12-22(24)37-5/h7,10-12,17-19,23,25,31H,6,8-9,13H2,1-5H3/t17-,18+,19-,23-,25+,29+/m0/s1. The average Bonchev–Trinajstić information content (AvgIpc) is 3.11. The molecule has 37 heavy (non-hydrogen) atoms. The highest BCUT2D eigenvalue weighted by molar-refractivity contribution is 6.13. The fourth-order valence-corrected chi connectivity index (χ4v) is 7.42. The Morgan fingerprint density at radius 3 is 2.30 bits per heavy atom. The second-order valence-electron chi connectivity index (χ2n) is 10.8. The molecular weight excluding hydrogens is 474 g/mol. The second-order valence-corrected chi connectivity index (χ2v) is 10.8. The number of phenolic OH excluding ortho intramolecular Hbond substituents is 1. The number of Topliss-reactive ketones (excluding diaryl/α,β-unsaturated/α-hetero) is 1. The summed E-state index contributed by atoms with van der Waals surface area (Å²) in [6.45, 7) is 5.77. The first-order valence-corrected chi connectivity index (χ1v) is 12.9. The number of imide groups is 1. The first-order chi connectivity index (χ1) is 17.6. The van der Waals surface area contributed by atoms with Crippen LogP contribution in [0.1, 0.15) is 51.5 Å². The average molecular weight is 508 g/mol. The molecular formula is C29H33NO7. The van der Waals surface area contributed by atoms with Crippen LogP contribution in [0.2, 0.25) is 0 Å². The molecule has 5 rings (SSSR count). The fraction of sp³-hybridized carbons (Fsp3) is 0.517. The van der Waals surface area contributed by atoms with Gasteiger partial charge in [0.15, 0.2) is 11.6 Å². The van der Waals surface area contributed by atoms with E-state index in [9.17, 15) is 24.3 Å². The molecule has 4 aliphatic rings. The maximum Gasteiger partial charge on any atom is 0.233 e. The highest BCUT2D eigenvalue weighted by Gasteiger charge is 2.64. The van der Waals surface area contributed by atoms with Crippen LogP contribution in [0.3, 0.4) is 0 Å². The summed E-state index contributed by atoms with van der Waals surface area (Å²) in [4.78, 5) is 55.6. The minimum absolute atomic E-state index is 0.0573. The number of hydrogen-bond acceptors (Lipinski definition) is 7. The summed E-state index contributed by atoms with van der Waals surface area (Å²) >= 11 is 0. The molecule has 0 radical (unpaired) electrons. The van der Waals surface area contributed by atoms with Gasteiger partial charge in [0.1, 0.15) is 17.2 Å². The lowest BCUT2D eigenvalue weighted by Gasteiger charge is -2.54. The zero-order valence-corrected chi connectivity index (χ0v) is 21.9. The number of rotatable bonds is 5. The Kier molecular flexibility index (Phi) is 6.04. The lowest BCUT2D eigenvalue weighted by molar-refractivity contribution is -0.142. The van der Waals surface area contributed by atoms with Crippen molar-refractivity contribution in [3.8, 4) is 17.2 Å². The van der Waals surface area contributed by atoms with Crippen LogP contribution in [-0.2, 0) is 19.2 Å². The van der Waals surface area contributed by atoms with E-state index in [-0.39, 0.29) is 35.0 Å². The number of carbonyl (C=O) groups excluding carboxylic acids is 4. The first-order valence-electron chi connectivity index (χ1n) is 12.9. The highest BCUT2D eigenvalue weighted by Crippen LogP contribution is 2.64. The van der Waals surface area contributed by atoms with E-state index in [0.29, 0.717) is 48.4 Å². The van der Waals surface area contributed by atoms with Crippen LogP contribution in [0.15, 0.2) is 35.4 Å². The summed E-state index contributed by atoms with van der Waals surface area (Å²) in [5.74, 6) is -2.77. The monoisotopic (exact) mass is 507 g/mol. The maximum absolute atomic E-state index is 13.9. The number of phenols is 1. The van der Waals surface area contributed by atoms with E-state index < -0.39 is 29.1 Å².